The number of hydrogen-bond acceptors (Lipinski definition) is 3. The van der Waals surface area contributed by atoms with Crippen LogP contribution in [0.4, 0.5) is 13.2 Å². The number of H-pyrrole nitrogens is 1. The van der Waals surface area contributed by atoms with E-state index in [-0.39, 0.29) is 23.9 Å². The van der Waals surface area contributed by atoms with Crippen molar-refractivity contribution in [3.63, 3.8) is 0 Å². The minimum absolute atomic E-state index is 0.0986. The van der Waals surface area contributed by atoms with Gasteiger partial charge in [-0.2, -0.15) is 0 Å². The summed E-state index contributed by atoms with van der Waals surface area (Å²) in [7, 11) is -3.72. The van der Waals surface area contributed by atoms with Gasteiger partial charge in [-0.15, -0.1) is 0 Å². The van der Waals surface area contributed by atoms with Crippen LogP contribution in [-0.2, 0) is 14.8 Å². The topological polar surface area (TPSA) is 105 Å². The van der Waals surface area contributed by atoms with Gasteiger partial charge in [-0.3, -0.25) is 4.79 Å². The first-order valence-electron chi connectivity index (χ1n) is 9.67. The SMILES string of the molecule is NS(=O)(=O)CCC(=O)N[C@H]1C[C@H](c2c(-c3ccc(F)cc3)[nH]c3c(F)cc(F)cc32)C1. The van der Waals surface area contributed by atoms with E-state index in [2.05, 4.69) is 10.3 Å². The molecular weight excluding hydrogens is 431 g/mol. The lowest BCUT2D eigenvalue weighted by Gasteiger charge is -2.36. The first-order valence-corrected chi connectivity index (χ1v) is 11.4. The van der Waals surface area contributed by atoms with Crippen molar-refractivity contribution in [3.05, 3.63) is 59.4 Å². The highest BCUT2D eigenvalue weighted by Gasteiger charge is 2.35. The van der Waals surface area contributed by atoms with Gasteiger partial charge in [0.2, 0.25) is 15.9 Å². The van der Waals surface area contributed by atoms with Crippen molar-refractivity contribution in [2.75, 3.05) is 5.75 Å². The molecule has 0 aliphatic heterocycles. The van der Waals surface area contributed by atoms with E-state index in [0.717, 1.165) is 6.07 Å². The first kappa shape index (κ1) is 21.4. The lowest BCUT2D eigenvalue weighted by atomic mass is 9.74. The molecule has 4 N–H and O–H groups in total. The number of aromatic amines is 1. The number of sulfonamides is 1. The third-order valence-corrected chi connectivity index (χ3v) is 6.30. The number of rotatable bonds is 6. The molecule has 0 atom stereocenters. The fourth-order valence-electron chi connectivity index (χ4n) is 4.01. The maximum Gasteiger partial charge on any atom is 0.221 e. The van der Waals surface area contributed by atoms with E-state index in [1.165, 1.54) is 18.2 Å². The van der Waals surface area contributed by atoms with Crippen molar-refractivity contribution in [1.82, 2.24) is 10.3 Å². The van der Waals surface area contributed by atoms with Gasteiger partial charge in [-0.1, -0.05) is 0 Å². The van der Waals surface area contributed by atoms with Gasteiger partial charge in [0.05, 0.1) is 17.0 Å². The Morgan fingerprint density at radius 3 is 2.42 bits per heavy atom. The summed E-state index contributed by atoms with van der Waals surface area (Å²) in [4.78, 5) is 14.9. The molecule has 164 valence electrons. The summed E-state index contributed by atoms with van der Waals surface area (Å²) in [6, 6.07) is 7.56. The molecule has 1 heterocycles. The molecule has 3 aromatic rings. The highest BCUT2D eigenvalue weighted by Crippen LogP contribution is 2.45. The van der Waals surface area contributed by atoms with Crippen LogP contribution in [0.3, 0.4) is 0 Å². The summed E-state index contributed by atoms with van der Waals surface area (Å²) >= 11 is 0. The van der Waals surface area contributed by atoms with Gasteiger partial charge in [0, 0.05) is 23.9 Å². The molecule has 1 aromatic heterocycles. The van der Waals surface area contributed by atoms with Crippen molar-refractivity contribution in [3.8, 4) is 11.3 Å². The lowest BCUT2D eigenvalue weighted by Crippen LogP contribution is -2.44. The highest BCUT2D eigenvalue weighted by molar-refractivity contribution is 7.89. The van der Waals surface area contributed by atoms with E-state index in [1.807, 2.05) is 0 Å². The molecule has 1 aliphatic rings. The number of carbonyl (C=O) groups is 1. The average molecular weight is 451 g/mol. The van der Waals surface area contributed by atoms with Gasteiger partial charge in [0.15, 0.2) is 0 Å². The standard InChI is InChI=1S/C21H20F3N3O3S/c22-13-3-1-11(2-4-13)20-19(16-9-14(23)10-17(24)21(16)27-20)12-7-15(8-12)26-18(28)5-6-31(25,29)30/h1-4,9-10,12,15,27H,5-8H2,(H,26,28)(H2,25,29,30)/t12-,15-. The summed E-state index contributed by atoms with van der Waals surface area (Å²) in [6.07, 6.45) is 0.797. The van der Waals surface area contributed by atoms with E-state index >= 15 is 0 Å². The summed E-state index contributed by atoms with van der Waals surface area (Å²) in [6.45, 7) is 0. The predicted octanol–water partition coefficient (Wildman–Crippen LogP) is 3.29. The van der Waals surface area contributed by atoms with Crippen LogP contribution < -0.4 is 10.5 Å². The van der Waals surface area contributed by atoms with Crippen molar-refractivity contribution >= 4 is 26.8 Å². The molecule has 6 nitrogen and oxygen atoms in total. The zero-order valence-corrected chi connectivity index (χ0v) is 17.1. The molecule has 1 amide bonds. The molecule has 1 fully saturated rings. The zero-order valence-electron chi connectivity index (χ0n) is 16.3. The second-order valence-corrected chi connectivity index (χ2v) is 9.51. The van der Waals surface area contributed by atoms with Gasteiger partial charge in [-0.05, 0) is 60.2 Å². The largest absolute Gasteiger partial charge is 0.353 e. The summed E-state index contributed by atoms with van der Waals surface area (Å²) < 4.78 is 63.7. The van der Waals surface area contributed by atoms with Crippen LogP contribution in [0, 0.1) is 17.5 Å². The molecule has 0 radical (unpaired) electrons. The molecule has 2 aromatic carbocycles. The maximum absolute atomic E-state index is 14.4. The average Bonchev–Trinajstić information content (AvgIpc) is 3.02. The Morgan fingerprint density at radius 1 is 1.10 bits per heavy atom. The molecule has 0 saturated heterocycles. The summed E-state index contributed by atoms with van der Waals surface area (Å²) in [5.74, 6) is -2.81. The number of fused-ring (bicyclic) bond motifs is 1. The van der Waals surface area contributed by atoms with E-state index in [9.17, 15) is 26.4 Å². The van der Waals surface area contributed by atoms with Crippen LogP contribution in [0.2, 0.25) is 0 Å². The van der Waals surface area contributed by atoms with Crippen molar-refractivity contribution in [1.29, 1.82) is 0 Å². The smallest absolute Gasteiger partial charge is 0.221 e. The van der Waals surface area contributed by atoms with Crippen LogP contribution in [-0.4, -0.2) is 31.1 Å². The van der Waals surface area contributed by atoms with Gasteiger partial charge >= 0.3 is 0 Å². The van der Waals surface area contributed by atoms with E-state index in [0.29, 0.717) is 35.0 Å². The number of amides is 1. The van der Waals surface area contributed by atoms with Crippen molar-refractivity contribution in [2.24, 2.45) is 5.14 Å². The molecule has 0 bridgehead atoms. The van der Waals surface area contributed by atoms with Crippen LogP contribution in [0.25, 0.3) is 22.2 Å². The molecule has 31 heavy (non-hydrogen) atoms. The number of hydrogen-bond donors (Lipinski definition) is 3. The Balaban J connectivity index is 1.59. The Morgan fingerprint density at radius 2 is 1.77 bits per heavy atom. The Hall–Kier alpha value is -2.85. The molecule has 1 saturated carbocycles. The number of halogens is 3. The van der Waals surface area contributed by atoms with Crippen LogP contribution >= 0.6 is 0 Å². The molecule has 1 aliphatic carbocycles. The Labute approximate surface area is 176 Å². The maximum atomic E-state index is 14.4. The van der Waals surface area contributed by atoms with Crippen LogP contribution in [0.15, 0.2) is 36.4 Å². The molecule has 4 rings (SSSR count). The molecule has 0 unspecified atom stereocenters. The van der Waals surface area contributed by atoms with E-state index in [4.69, 9.17) is 5.14 Å². The Bertz CT molecular complexity index is 1250. The first-order chi connectivity index (χ1) is 14.6. The third kappa shape index (κ3) is 4.59. The van der Waals surface area contributed by atoms with Crippen molar-refractivity contribution < 1.29 is 26.4 Å². The minimum Gasteiger partial charge on any atom is -0.353 e. The van der Waals surface area contributed by atoms with Gasteiger partial charge in [0.1, 0.15) is 17.5 Å². The van der Waals surface area contributed by atoms with Gasteiger partial charge in [-0.25, -0.2) is 26.7 Å². The number of nitrogens with one attached hydrogen (secondary N) is 2. The number of benzene rings is 2. The van der Waals surface area contributed by atoms with E-state index < -0.39 is 39.1 Å². The summed E-state index contributed by atoms with van der Waals surface area (Å²) in [5.41, 5.74) is 2.07. The highest BCUT2D eigenvalue weighted by atomic mass is 32.2. The molecular formula is C21H20F3N3O3S. The van der Waals surface area contributed by atoms with Crippen LogP contribution in [0.5, 0.6) is 0 Å². The quantitative estimate of drug-likeness (QED) is 0.536. The normalized spacial score (nSPS) is 18.7. The lowest BCUT2D eigenvalue weighted by molar-refractivity contribution is -0.122. The molecule has 10 heteroatoms. The Kier molecular flexibility index (Phi) is 5.52. The monoisotopic (exact) mass is 451 g/mol. The number of carbonyl (C=O) groups excluding carboxylic acids is 1. The zero-order chi connectivity index (χ0) is 22.3. The fourth-order valence-corrected chi connectivity index (χ4v) is 4.48. The third-order valence-electron chi connectivity index (χ3n) is 5.52. The van der Waals surface area contributed by atoms with Crippen LogP contribution in [0.1, 0.15) is 30.7 Å². The van der Waals surface area contributed by atoms with Crippen molar-refractivity contribution in [2.45, 2.75) is 31.2 Å². The minimum atomic E-state index is -3.72. The number of primary sulfonamides is 1. The number of aromatic nitrogens is 1. The summed E-state index contributed by atoms with van der Waals surface area (Å²) in [5, 5.41) is 8.06. The number of nitrogens with two attached hydrogens (primary N) is 1. The second kappa shape index (κ2) is 8.01. The molecule has 0 spiro atoms. The van der Waals surface area contributed by atoms with E-state index in [1.54, 1.807) is 12.1 Å². The van der Waals surface area contributed by atoms with Gasteiger partial charge in [0.25, 0.3) is 0 Å². The predicted molar refractivity (Wildman–Crippen MR) is 110 cm³/mol. The fraction of sp³-hybridized carbons (Fsp3) is 0.286. The van der Waals surface area contributed by atoms with Gasteiger partial charge < -0.3 is 10.3 Å². The second-order valence-electron chi connectivity index (χ2n) is 7.78.